The maximum atomic E-state index is 5.78. The Bertz CT molecular complexity index is 710. The number of hydrogen-bond acceptors (Lipinski definition) is 2. The topological polar surface area (TPSA) is 27.1 Å². The highest BCUT2D eigenvalue weighted by atomic mass is 16.5. The van der Waals surface area contributed by atoms with E-state index >= 15 is 0 Å². The van der Waals surface area contributed by atoms with Crippen LogP contribution in [0.15, 0.2) is 36.7 Å². The number of benzene rings is 1. The molecule has 1 aliphatic carbocycles. The van der Waals surface area contributed by atoms with Crippen molar-refractivity contribution in [1.29, 1.82) is 0 Å². The molecule has 0 amide bonds. The maximum Gasteiger partial charge on any atom is 0.150 e. The van der Waals surface area contributed by atoms with Crippen LogP contribution in [0.4, 0.5) is 0 Å². The molecule has 1 aromatic heterocycles. The fourth-order valence-corrected chi connectivity index (χ4v) is 3.06. The minimum Gasteiger partial charge on any atom is -0.357 e. The van der Waals surface area contributed by atoms with E-state index in [1.165, 1.54) is 31.2 Å². The molecule has 0 N–H and O–H groups in total. The molecule has 1 saturated carbocycles. The molecule has 0 bridgehead atoms. The number of rotatable bonds is 2. The number of hydrogen-bond donors (Lipinski definition) is 0. The van der Waals surface area contributed by atoms with Gasteiger partial charge in [-0.15, -0.1) is 0 Å². The van der Waals surface area contributed by atoms with Crippen LogP contribution >= 0.6 is 0 Å². The molecule has 1 aliphatic heterocycles. The highest BCUT2D eigenvalue weighted by Gasteiger charge is 2.16. The molecule has 1 aromatic carbocycles. The summed E-state index contributed by atoms with van der Waals surface area (Å²) in [6, 6.07) is 8.48. The summed E-state index contributed by atoms with van der Waals surface area (Å²) in [6.45, 7) is 0.841. The van der Waals surface area contributed by atoms with Crippen LogP contribution in [0.3, 0.4) is 0 Å². The third-order valence-corrected chi connectivity index (χ3v) is 4.80. The van der Waals surface area contributed by atoms with Crippen molar-refractivity contribution in [3.05, 3.63) is 42.2 Å². The lowest BCUT2D eigenvalue weighted by Gasteiger charge is -2.22. The van der Waals surface area contributed by atoms with Crippen molar-refractivity contribution >= 4 is 0 Å². The third-order valence-electron chi connectivity index (χ3n) is 4.80. The third kappa shape index (κ3) is 3.33. The molecule has 2 fully saturated rings. The molecule has 3 heteroatoms. The second-order valence-electron chi connectivity index (χ2n) is 6.50. The van der Waals surface area contributed by atoms with Gasteiger partial charge in [0.25, 0.3) is 0 Å². The van der Waals surface area contributed by atoms with Gasteiger partial charge in [0.15, 0.2) is 0 Å². The van der Waals surface area contributed by atoms with E-state index in [0.29, 0.717) is 5.92 Å². The summed E-state index contributed by atoms with van der Waals surface area (Å²) in [5.41, 5.74) is 3.42. The van der Waals surface area contributed by atoms with Crippen molar-refractivity contribution in [3.8, 4) is 23.0 Å². The first kappa shape index (κ1) is 14.5. The summed E-state index contributed by atoms with van der Waals surface area (Å²) in [4.78, 5) is 0. The van der Waals surface area contributed by atoms with Crippen molar-refractivity contribution in [1.82, 2.24) is 9.78 Å². The molecular formula is C20H22N2O. The number of ether oxygens (including phenoxy) is 1. The molecule has 2 aromatic rings. The van der Waals surface area contributed by atoms with E-state index in [4.69, 9.17) is 4.74 Å². The van der Waals surface area contributed by atoms with Crippen LogP contribution in [0.2, 0.25) is 0 Å². The average molecular weight is 306 g/mol. The average Bonchev–Trinajstić information content (AvgIpc) is 3.05. The minimum atomic E-state index is 0.102. The van der Waals surface area contributed by atoms with Gasteiger partial charge in [-0.2, -0.15) is 5.10 Å². The molecule has 1 saturated heterocycles. The van der Waals surface area contributed by atoms with Crippen LogP contribution in [0.1, 0.15) is 50.3 Å². The van der Waals surface area contributed by atoms with Gasteiger partial charge in [-0.1, -0.05) is 30.4 Å². The van der Waals surface area contributed by atoms with Gasteiger partial charge >= 0.3 is 0 Å². The number of aromatic nitrogens is 2. The quantitative estimate of drug-likeness (QED) is 0.769. The molecule has 2 heterocycles. The predicted octanol–water partition coefficient (Wildman–Crippen LogP) is 4.40. The molecule has 118 valence electrons. The first-order valence-corrected chi connectivity index (χ1v) is 8.66. The zero-order chi connectivity index (χ0) is 15.5. The van der Waals surface area contributed by atoms with E-state index in [0.717, 1.165) is 30.6 Å². The van der Waals surface area contributed by atoms with Gasteiger partial charge in [0.2, 0.25) is 0 Å². The standard InChI is InChI=1S/C20H22N2O/c1-2-13-23-20(6-1)22-15-19(14-21-22)18-11-9-17(10-12-18)8-7-16-4-3-5-16/h9-12,14-16,20H,1-6,13H2. The van der Waals surface area contributed by atoms with Gasteiger partial charge in [-0.25, -0.2) is 4.68 Å². The van der Waals surface area contributed by atoms with Gasteiger partial charge in [0, 0.05) is 29.8 Å². The SMILES string of the molecule is C(#CC1CCC1)c1ccc(-c2cnn(C3CCCCO3)c2)cc1. The molecule has 23 heavy (non-hydrogen) atoms. The van der Waals surface area contributed by atoms with E-state index < -0.39 is 0 Å². The lowest BCUT2D eigenvalue weighted by Crippen LogP contribution is -2.18. The molecule has 0 spiro atoms. The smallest absolute Gasteiger partial charge is 0.150 e. The predicted molar refractivity (Wildman–Crippen MR) is 90.7 cm³/mol. The first-order valence-electron chi connectivity index (χ1n) is 8.66. The lowest BCUT2D eigenvalue weighted by atomic mass is 9.86. The van der Waals surface area contributed by atoms with Crippen molar-refractivity contribution in [3.63, 3.8) is 0 Å². The van der Waals surface area contributed by atoms with E-state index in [-0.39, 0.29) is 6.23 Å². The minimum absolute atomic E-state index is 0.102. The van der Waals surface area contributed by atoms with E-state index in [2.05, 4.69) is 47.4 Å². The summed E-state index contributed by atoms with van der Waals surface area (Å²) < 4.78 is 7.74. The van der Waals surface area contributed by atoms with Crippen LogP contribution < -0.4 is 0 Å². The summed E-state index contributed by atoms with van der Waals surface area (Å²) in [6.07, 6.45) is 11.4. The monoisotopic (exact) mass is 306 g/mol. The fraction of sp³-hybridized carbons (Fsp3) is 0.450. The Kier molecular flexibility index (Phi) is 4.17. The van der Waals surface area contributed by atoms with Crippen LogP contribution in [0.5, 0.6) is 0 Å². The van der Waals surface area contributed by atoms with Crippen molar-refractivity contribution in [2.75, 3.05) is 6.61 Å². The van der Waals surface area contributed by atoms with Crippen molar-refractivity contribution in [2.24, 2.45) is 5.92 Å². The Labute approximate surface area is 137 Å². The van der Waals surface area contributed by atoms with Gasteiger partial charge in [-0.05, 0) is 49.8 Å². The highest BCUT2D eigenvalue weighted by Crippen LogP contribution is 2.26. The Morgan fingerprint density at radius 1 is 1.00 bits per heavy atom. The molecule has 2 aliphatic rings. The fourth-order valence-electron chi connectivity index (χ4n) is 3.06. The van der Waals surface area contributed by atoms with Crippen molar-refractivity contribution < 1.29 is 4.74 Å². The Morgan fingerprint density at radius 3 is 2.57 bits per heavy atom. The Balaban J connectivity index is 1.47. The van der Waals surface area contributed by atoms with Crippen LogP contribution in [0.25, 0.3) is 11.1 Å². The second kappa shape index (κ2) is 6.60. The summed E-state index contributed by atoms with van der Waals surface area (Å²) in [5, 5.41) is 4.48. The van der Waals surface area contributed by atoms with Gasteiger partial charge in [-0.3, -0.25) is 0 Å². The van der Waals surface area contributed by atoms with Gasteiger partial charge in [0.05, 0.1) is 6.20 Å². The van der Waals surface area contributed by atoms with Crippen molar-refractivity contribution in [2.45, 2.75) is 44.8 Å². The molecule has 1 atom stereocenters. The van der Waals surface area contributed by atoms with Gasteiger partial charge in [0.1, 0.15) is 6.23 Å². The van der Waals surface area contributed by atoms with Gasteiger partial charge < -0.3 is 4.74 Å². The molecule has 4 rings (SSSR count). The Morgan fingerprint density at radius 2 is 1.87 bits per heavy atom. The van der Waals surface area contributed by atoms with E-state index in [9.17, 15) is 0 Å². The molecular weight excluding hydrogens is 284 g/mol. The maximum absolute atomic E-state index is 5.78. The second-order valence-corrected chi connectivity index (χ2v) is 6.50. The van der Waals surface area contributed by atoms with E-state index in [1.54, 1.807) is 0 Å². The zero-order valence-corrected chi connectivity index (χ0v) is 13.4. The molecule has 1 unspecified atom stereocenters. The highest BCUT2D eigenvalue weighted by molar-refractivity contribution is 5.62. The van der Waals surface area contributed by atoms with Crippen LogP contribution in [-0.2, 0) is 4.74 Å². The van der Waals surface area contributed by atoms with Crippen LogP contribution in [-0.4, -0.2) is 16.4 Å². The zero-order valence-electron chi connectivity index (χ0n) is 13.4. The van der Waals surface area contributed by atoms with Crippen LogP contribution in [0, 0.1) is 17.8 Å². The number of nitrogens with zero attached hydrogens (tertiary/aromatic N) is 2. The molecule has 0 radical (unpaired) electrons. The lowest BCUT2D eigenvalue weighted by molar-refractivity contribution is -0.0394. The largest absolute Gasteiger partial charge is 0.357 e. The summed E-state index contributed by atoms with van der Waals surface area (Å²) in [7, 11) is 0. The van der Waals surface area contributed by atoms with E-state index in [1.807, 2.05) is 10.9 Å². The normalized spacial score (nSPS) is 21.3. The summed E-state index contributed by atoms with van der Waals surface area (Å²) >= 11 is 0. The summed E-state index contributed by atoms with van der Waals surface area (Å²) in [5.74, 6) is 7.28. The molecule has 3 nitrogen and oxygen atoms in total. The first-order chi connectivity index (χ1) is 11.4. The Hall–Kier alpha value is -2.05.